The predicted octanol–water partition coefficient (Wildman–Crippen LogP) is 3.27. The average molecular weight is 360 g/mol. The van der Waals surface area contributed by atoms with Crippen molar-refractivity contribution in [3.63, 3.8) is 0 Å². The van der Waals surface area contributed by atoms with E-state index in [9.17, 15) is 9.59 Å². The third kappa shape index (κ3) is 5.75. The van der Waals surface area contributed by atoms with Crippen LogP contribution in [-0.2, 0) is 16.0 Å². The first-order valence-electron chi connectivity index (χ1n) is 9.73. The molecule has 0 bridgehead atoms. The highest BCUT2D eigenvalue weighted by atomic mass is 16.5. The number of likely N-dealkylation sites (tertiary alicyclic amines) is 1. The maximum atomic E-state index is 12.6. The maximum Gasteiger partial charge on any atom is 0.224 e. The fourth-order valence-corrected chi connectivity index (χ4v) is 3.65. The van der Waals surface area contributed by atoms with Crippen LogP contribution in [0.2, 0.25) is 0 Å². The van der Waals surface area contributed by atoms with Gasteiger partial charge in [0.1, 0.15) is 5.75 Å². The van der Waals surface area contributed by atoms with Crippen LogP contribution in [0.15, 0.2) is 24.3 Å². The van der Waals surface area contributed by atoms with Crippen LogP contribution in [0, 0.1) is 0 Å². The lowest BCUT2D eigenvalue weighted by atomic mass is 9.99. The van der Waals surface area contributed by atoms with Gasteiger partial charge in [-0.3, -0.25) is 9.59 Å². The highest BCUT2D eigenvalue weighted by Gasteiger charge is 2.25. The number of amides is 2. The molecule has 1 aliphatic rings. The van der Waals surface area contributed by atoms with E-state index in [0.29, 0.717) is 25.6 Å². The van der Waals surface area contributed by atoms with E-state index in [1.807, 2.05) is 29.2 Å². The largest absolute Gasteiger partial charge is 0.497 e. The molecule has 1 fully saturated rings. The Kier molecular flexibility index (Phi) is 7.95. The third-order valence-electron chi connectivity index (χ3n) is 5.26. The van der Waals surface area contributed by atoms with Crippen LogP contribution in [0.5, 0.6) is 5.75 Å². The molecular weight excluding hydrogens is 328 g/mol. The highest BCUT2D eigenvalue weighted by molar-refractivity contribution is 5.78. The molecule has 1 aliphatic heterocycles. The molecule has 144 valence electrons. The van der Waals surface area contributed by atoms with E-state index in [2.05, 4.69) is 6.92 Å². The van der Waals surface area contributed by atoms with Crippen LogP contribution in [0.3, 0.4) is 0 Å². The SMILES string of the molecule is CCC1CCCCN1C(=O)CCN(CCc1cccc(OC)c1)C(C)=O. The molecule has 5 nitrogen and oxygen atoms in total. The minimum absolute atomic E-state index is 0.0198. The molecule has 0 aliphatic carbocycles. The fraction of sp³-hybridized carbons (Fsp3) is 0.619. The zero-order chi connectivity index (χ0) is 18.9. The first-order chi connectivity index (χ1) is 12.5. The highest BCUT2D eigenvalue weighted by Crippen LogP contribution is 2.20. The van der Waals surface area contributed by atoms with Crippen molar-refractivity contribution < 1.29 is 14.3 Å². The van der Waals surface area contributed by atoms with Gasteiger partial charge in [0.15, 0.2) is 0 Å². The van der Waals surface area contributed by atoms with Crippen LogP contribution in [0.25, 0.3) is 0 Å². The minimum atomic E-state index is 0.0198. The second-order valence-corrected chi connectivity index (χ2v) is 7.00. The zero-order valence-electron chi connectivity index (χ0n) is 16.4. The van der Waals surface area contributed by atoms with Gasteiger partial charge in [-0.1, -0.05) is 19.1 Å². The van der Waals surface area contributed by atoms with Crippen LogP contribution in [0.4, 0.5) is 0 Å². The second kappa shape index (κ2) is 10.2. The quantitative estimate of drug-likeness (QED) is 0.715. The van der Waals surface area contributed by atoms with Gasteiger partial charge < -0.3 is 14.5 Å². The van der Waals surface area contributed by atoms with E-state index in [0.717, 1.165) is 43.5 Å². The van der Waals surface area contributed by atoms with Gasteiger partial charge >= 0.3 is 0 Å². The van der Waals surface area contributed by atoms with Gasteiger partial charge in [0.2, 0.25) is 11.8 Å². The molecule has 0 N–H and O–H groups in total. The number of methoxy groups -OCH3 is 1. The Labute approximate surface area is 157 Å². The van der Waals surface area contributed by atoms with Crippen LogP contribution < -0.4 is 4.74 Å². The van der Waals surface area contributed by atoms with Crippen LogP contribution >= 0.6 is 0 Å². The molecule has 2 amide bonds. The summed E-state index contributed by atoms with van der Waals surface area (Å²) in [6.45, 7) is 5.69. The number of rotatable bonds is 8. The fourth-order valence-electron chi connectivity index (χ4n) is 3.65. The molecular formula is C21H32N2O3. The predicted molar refractivity (Wildman–Crippen MR) is 103 cm³/mol. The van der Waals surface area contributed by atoms with Crippen LogP contribution in [-0.4, -0.2) is 54.4 Å². The number of nitrogens with zero attached hydrogens (tertiary/aromatic N) is 2. The Balaban J connectivity index is 1.87. The van der Waals surface area contributed by atoms with Crippen LogP contribution in [0.1, 0.15) is 51.5 Å². The first kappa shape index (κ1) is 20.3. The monoisotopic (exact) mass is 360 g/mol. The van der Waals surface area contributed by atoms with E-state index >= 15 is 0 Å². The van der Waals surface area contributed by atoms with Gasteiger partial charge in [0.25, 0.3) is 0 Å². The number of carbonyl (C=O) groups excluding carboxylic acids is 2. The smallest absolute Gasteiger partial charge is 0.224 e. The number of carbonyl (C=O) groups is 2. The van der Waals surface area contributed by atoms with Gasteiger partial charge in [0, 0.05) is 39.0 Å². The Morgan fingerprint density at radius 1 is 1.27 bits per heavy atom. The normalized spacial score (nSPS) is 17.0. The summed E-state index contributed by atoms with van der Waals surface area (Å²) >= 11 is 0. The van der Waals surface area contributed by atoms with E-state index in [4.69, 9.17) is 4.74 Å². The second-order valence-electron chi connectivity index (χ2n) is 7.00. The maximum absolute atomic E-state index is 12.6. The standard InChI is InChI=1S/C21H32N2O3/c1-4-19-9-5-6-13-23(19)21(25)12-15-22(17(2)24)14-11-18-8-7-10-20(16-18)26-3/h7-8,10,16,19H,4-6,9,11-15H2,1-3H3. The van der Waals surface area contributed by atoms with Gasteiger partial charge in [-0.05, 0) is 49.8 Å². The van der Waals surface area contributed by atoms with Crippen molar-refractivity contribution in [1.29, 1.82) is 0 Å². The lowest BCUT2D eigenvalue weighted by Crippen LogP contribution is -2.44. The van der Waals surface area contributed by atoms with Gasteiger partial charge in [0.05, 0.1) is 7.11 Å². The molecule has 5 heteroatoms. The summed E-state index contributed by atoms with van der Waals surface area (Å²) in [5.74, 6) is 1.03. The van der Waals surface area contributed by atoms with Crippen molar-refractivity contribution in [3.05, 3.63) is 29.8 Å². The van der Waals surface area contributed by atoms with E-state index in [-0.39, 0.29) is 11.8 Å². The molecule has 0 spiro atoms. The molecule has 26 heavy (non-hydrogen) atoms. The molecule has 0 radical (unpaired) electrons. The van der Waals surface area contributed by atoms with E-state index < -0.39 is 0 Å². The topological polar surface area (TPSA) is 49.9 Å². The molecule has 1 saturated heterocycles. The van der Waals surface area contributed by atoms with Crippen molar-refractivity contribution in [2.24, 2.45) is 0 Å². The lowest BCUT2D eigenvalue weighted by Gasteiger charge is -2.35. The molecule has 1 atom stereocenters. The molecule has 1 heterocycles. The van der Waals surface area contributed by atoms with Gasteiger partial charge in [-0.25, -0.2) is 0 Å². The summed E-state index contributed by atoms with van der Waals surface area (Å²) in [6, 6.07) is 8.26. The summed E-state index contributed by atoms with van der Waals surface area (Å²) in [5, 5.41) is 0. The number of ether oxygens (including phenoxy) is 1. The van der Waals surface area contributed by atoms with Crippen molar-refractivity contribution in [2.45, 2.75) is 58.4 Å². The summed E-state index contributed by atoms with van der Waals surface area (Å²) in [4.78, 5) is 28.4. The summed E-state index contributed by atoms with van der Waals surface area (Å²) < 4.78 is 5.25. The first-order valence-corrected chi connectivity index (χ1v) is 9.73. The number of hydrogen-bond acceptors (Lipinski definition) is 3. The summed E-state index contributed by atoms with van der Waals surface area (Å²) in [5.41, 5.74) is 1.13. The van der Waals surface area contributed by atoms with Gasteiger partial charge in [-0.2, -0.15) is 0 Å². The number of hydrogen-bond donors (Lipinski definition) is 0. The molecule has 1 unspecified atom stereocenters. The number of benzene rings is 1. The Morgan fingerprint density at radius 3 is 2.77 bits per heavy atom. The average Bonchev–Trinajstić information content (AvgIpc) is 2.67. The van der Waals surface area contributed by atoms with E-state index in [1.54, 1.807) is 18.9 Å². The van der Waals surface area contributed by atoms with Gasteiger partial charge in [-0.15, -0.1) is 0 Å². The number of piperidine rings is 1. The van der Waals surface area contributed by atoms with Crippen molar-refractivity contribution in [1.82, 2.24) is 9.80 Å². The Hall–Kier alpha value is -2.04. The molecule has 0 saturated carbocycles. The lowest BCUT2D eigenvalue weighted by molar-refractivity contribution is -0.136. The summed E-state index contributed by atoms with van der Waals surface area (Å²) in [6.07, 6.45) is 5.59. The minimum Gasteiger partial charge on any atom is -0.497 e. The summed E-state index contributed by atoms with van der Waals surface area (Å²) in [7, 11) is 1.65. The van der Waals surface area contributed by atoms with Crippen molar-refractivity contribution >= 4 is 11.8 Å². The Morgan fingerprint density at radius 2 is 2.08 bits per heavy atom. The Bertz CT molecular complexity index is 603. The molecule has 1 aromatic rings. The molecule has 2 rings (SSSR count). The van der Waals surface area contributed by atoms with E-state index in [1.165, 1.54) is 6.42 Å². The molecule has 0 aromatic heterocycles. The van der Waals surface area contributed by atoms with Crippen molar-refractivity contribution in [2.75, 3.05) is 26.7 Å². The third-order valence-corrected chi connectivity index (χ3v) is 5.26. The zero-order valence-corrected chi connectivity index (χ0v) is 16.4. The van der Waals surface area contributed by atoms with Crippen molar-refractivity contribution in [3.8, 4) is 5.75 Å². The molecule has 1 aromatic carbocycles.